The Labute approximate surface area is 230 Å². The molecule has 0 aromatic heterocycles. The highest BCUT2D eigenvalue weighted by atomic mass is 16.5. The van der Waals surface area contributed by atoms with E-state index in [0.29, 0.717) is 61.9 Å². The highest BCUT2D eigenvalue weighted by Gasteiger charge is 2.33. The summed E-state index contributed by atoms with van der Waals surface area (Å²) in [6.45, 7) is 10.5. The summed E-state index contributed by atoms with van der Waals surface area (Å²) in [4.78, 5) is 24.8. The smallest absolute Gasteiger partial charge is 0.337 e. The lowest BCUT2D eigenvalue weighted by Crippen LogP contribution is -2.26. The number of ether oxygens (including phenoxy) is 4. The maximum absolute atomic E-state index is 12.4. The molecule has 8 heteroatoms. The Hall–Kier alpha value is -3.66. The quantitative estimate of drug-likeness (QED) is 0.273. The van der Waals surface area contributed by atoms with Gasteiger partial charge in [0.25, 0.3) is 0 Å². The average molecular weight is 537 g/mol. The largest absolute Gasteiger partial charge is 0.478 e. The first-order valence-corrected chi connectivity index (χ1v) is 12.8. The second-order valence-electron chi connectivity index (χ2n) is 8.79. The van der Waals surface area contributed by atoms with Crippen LogP contribution in [0.25, 0.3) is 0 Å². The van der Waals surface area contributed by atoms with Gasteiger partial charge in [0, 0.05) is 29.8 Å². The first kappa shape index (κ1) is 31.6. The van der Waals surface area contributed by atoms with E-state index in [2.05, 4.69) is 23.7 Å². The summed E-state index contributed by atoms with van der Waals surface area (Å²) in [7, 11) is 0. The van der Waals surface area contributed by atoms with Gasteiger partial charge < -0.3 is 29.2 Å². The lowest BCUT2D eigenvalue weighted by Gasteiger charge is -2.30. The van der Waals surface area contributed by atoms with Crippen molar-refractivity contribution >= 4 is 11.9 Å². The van der Waals surface area contributed by atoms with Gasteiger partial charge in [-0.3, -0.25) is 0 Å². The fourth-order valence-corrected chi connectivity index (χ4v) is 3.99. The lowest BCUT2D eigenvalue weighted by molar-refractivity contribution is 0.0662. The maximum atomic E-state index is 12.4. The van der Waals surface area contributed by atoms with Crippen LogP contribution in [-0.2, 0) is 24.4 Å². The molecule has 2 aromatic carbocycles. The molecule has 0 aliphatic heterocycles. The summed E-state index contributed by atoms with van der Waals surface area (Å²) in [5, 5.41) is 20.3. The summed E-state index contributed by atoms with van der Waals surface area (Å²) < 4.78 is 21.2. The molecule has 0 atom stereocenters. The zero-order valence-corrected chi connectivity index (χ0v) is 23.0. The highest BCUT2D eigenvalue weighted by molar-refractivity contribution is 5.95. The van der Waals surface area contributed by atoms with Crippen LogP contribution in [-0.4, -0.2) is 75.0 Å². The van der Waals surface area contributed by atoms with Crippen LogP contribution < -0.4 is 0 Å². The molecule has 0 aliphatic rings. The standard InChI is InChI=1S/C31H36O8/c1-5-36-19-21-38-17-9-13-23-11-7-15-25(27(23)29(32)33)31(3,4)26-16-8-12-24(28(26)30(34)35)14-10-18-39-22-20-37-6-2/h7-8,11-12,15-16H,5-6,17-22H2,1-4H3,(H,32,33)(H,34,35). The molecule has 0 aliphatic carbocycles. The zero-order valence-electron chi connectivity index (χ0n) is 23.0. The van der Waals surface area contributed by atoms with Crippen molar-refractivity contribution in [1.29, 1.82) is 0 Å². The maximum Gasteiger partial charge on any atom is 0.337 e. The van der Waals surface area contributed by atoms with Gasteiger partial charge in [-0.1, -0.05) is 61.8 Å². The van der Waals surface area contributed by atoms with Crippen molar-refractivity contribution in [3.8, 4) is 23.7 Å². The van der Waals surface area contributed by atoms with E-state index < -0.39 is 17.4 Å². The van der Waals surface area contributed by atoms with E-state index in [4.69, 9.17) is 18.9 Å². The number of hydrogen-bond donors (Lipinski definition) is 2. The van der Waals surface area contributed by atoms with Crippen molar-refractivity contribution in [2.45, 2.75) is 33.1 Å². The lowest BCUT2D eigenvalue weighted by atomic mass is 9.72. The van der Waals surface area contributed by atoms with Crippen LogP contribution in [0.2, 0.25) is 0 Å². The van der Waals surface area contributed by atoms with Gasteiger partial charge in [-0.05, 0) is 37.1 Å². The molecule has 0 bridgehead atoms. The molecule has 0 fully saturated rings. The Morgan fingerprint density at radius 2 is 1.08 bits per heavy atom. The topological polar surface area (TPSA) is 112 Å². The number of aromatic carboxylic acids is 2. The predicted molar refractivity (Wildman–Crippen MR) is 147 cm³/mol. The number of hydrogen-bond acceptors (Lipinski definition) is 6. The van der Waals surface area contributed by atoms with Gasteiger partial charge in [-0.2, -0.15) is 0 Å². The highest BCUT2D eigenvalue weighted by Crippen LogP contribution is 2.37. The fourth-order valence-electron chi connectivity index (χ4n) is 3.99. The molecule has 208 valence electrons. The van der Waals surface area contributed by atoms with Gasteiger partial charge in [0.05, 0.1) is 37.6 Å². The number of benzene rings is 2. The summed E-state index contributed by atoms with van der Waals surface area (Å²) in [6.07, 6.45) is 0. The van der Waals surface area contributed by atoms with Crippen molar-refractivity contribution in [1.82, 2.24) is 0 Å². The molecule has 0 saturated heterocycles. The van der Waals surface area contributed by atoms with Crippen molar-refractivity contribution in [2.75, 3.05) is 52.9 Å². The van der Waals surface area contributed by atoms with Gasteiger partial charge in [0.15, 0.2) is 0 Å². The van der Waals surface area contributed by atoms with Crippen LogP contribution in [0, 0.1) is 23.7 Å². The second kappa shape index (κ2) is 16.3. The van der Waals surface area contributed by atoms with E-state index in [1.165, 1.54) is 0 Å². The van der Waals surface area contributed by atoms with E-state index in [1.807, 2.05) is 13.8 Å². The second-order valence-corrected chi connectivity index (χ2v) is 8.79. The molecule has 2 aromatic rings. The summed E-state index contributed by atoms with van der Waals surface area (Å²) in [6, 6.07) is 10.1. The van der Waals surface area contributed by atoms with Crippen LogP contribution in [0.15, 0.2) is 36.4 Å². The Morgan fingerprint density at radius 3 is 1.44 bits per heavy atom. The molecule has 0 spiro atoms. The van der Waals surface area contributed by atoms with Crippen LogP contribution in [0.3, 0.4) is 0 Å². The van der Waals surface area contributed by atoms with Gasteiger partial charge >= 0.3 is 11.9 Å². The van der Waals surface area contributed by atoms with E-state index in [0.717, 1.165) is 0 Å². The molecule has 0 radical (unpaired) electrons. The molecule has 2 N–H and O–H groups in total. The Balaban J connectivity index is 2.42. The first-order chi connectivity index (χ1) is 18.8. The Kier molecular flexibility index (Phi) is 13.2. The summed E-state index contributed by atoms with van der Waals surface area (Å²) >= 11 is 0. The van der Waals surface area contributed by atoms with Gasteiger partial charge in [-0.25, -0.2) is 9.59 Å². The minimum atomic E-state index is -1.16. The predicted octanol–water partition coefficient (Wildman–Crippen LogP) is 4.22. The van der Waals surface area contributed by atoms with E-state index in [-0.39, 0.29) is 24.3 Å². The SMILES string of the molecule is CCOCCOCC#Cc1cccc(C(C)(C)c2cccc(C#CCOCCOCC)c2C(=O)O)c1C(=O)O. The van der Waals surface area contributed by atoms with Crippen molar-refractivity contribution in [3.63, 3.8) is 0 Å². The molecule has 0 saturated carbocycles. The van der Waals surface area contributed by atoms with Crippen LogP contribution >= 0.6 is 0 Å². The Morgan fingerprint density at radius 1 is 0.692 bits per heavy atom. The van der Waals surface area contributed by atoms with Crippen molar-refractivity contribution < 1.29 is 38.7 Å². The summed E-state index contributed by atoms with van der Waals surface area (Å²) in [5.74, 6) is 9.18. The van der Waals surface area contributed by atoms with E-state index in [9.17, 15) is 19.8 Å². The van der Waals surface area contributed by atoms with Gasteiger partial charge in [0.1, 0.15) is 13.2 Å². The van der Waals surface area contributed by atoms with E-state index >= 15 is 0 Å². The average Bonchev–Trinajstić information content (AvgIpc) is 2.91. The molecule has 39 heavy (non-hydrogen) atoms. The minimum Gasteiger partial charge on any atom is -0.478 e. The molecule has 0 unspecified atom stereocenters. The van der Waals surface area contributed by atoms with Crippen LogP contribution in [0.4, 0.5) is 0 Å². The molecule has 0 heterocycles. The fraction of sp³-hybridized carbons (Fsp3) is 0.419. The number of rotatable bonds is 14. The van der Waals surface area contributed by atoms with Crippen molar-refractivity contribution in [3.05, 3.63) is 69.8 Å². The molecule has 8 nitrogen and oxygen atoms in total. The normalized spacial score (nSPS) is 10.8. The molecular formula is C31H36O8. The number of carboxylic acid groups (broad SMARTS) is 2. The monoisotopic (exact) mass is 536 g/mol. The molecular weight excluding hydrogens is 500 g/mol. The molecule has 2 rings (SSSR count). The van der Waals surface area contributed by atoms with Crippen LogP contribution in [0.1, 0.15) is 70.7 Å². The zero-order chi connectivity index (χ0) is 28.7. The van der Waals surface area contributed by atoms with E-state index in [1.54, 1.807) is 50.2 Å². The minimum absolute atomic E-state index is 0.0137. The summed E-state index contributed by atoms with van der Waals surface area (Å²) in [5.41, 5.74) is 0.535. The van der Waals surface area contributed by atoms with Gasteiger partial charge in [-0.15, -0.1) is 0 Å². The van der Waals surface area contributed by atoms with Gasteiger partial charge in [0.2, 0.25) is 0 Å². The number of carbonyl (C=O) groups is 2. The first-order valence-electron chi connectivity index (χ1n) is 12.8. The van der Waals surface area contributed by atoms with Crippen LogP contribution in [0.5, 0.6) is 0 Å². The third-order valence-electron chi connectivity index (χ3n) is 5.85. The Bertz CT molecular complexity index is 1150. The number of carboxylic acids is 2. The van der Waals surface area contributed by atoms with Crippen molar-refractivity contribution in [2.24, 2.45) is 0 Å². The third-order valence-corrected chi connectivity index (χ3v) is 5.85. The third kappa shape index (κ3) is 9.24. The molecule has 0 amide bonds.